The molecule has 5 nitrogen and oxygen atoms in total. The minimum atomic E-state index is -1.40. The molecule has 212 valence electrons. The van der Waals surface area contributed by atoms with Crippen molar-refractivity contribution in [3.05, 3.63) is 144 Å². The number of aliphatic hydroxyl groups is 1. The third kappa shape index (κ3) is 6.88. The molecule has 41 heavy (non-hydrogen) atoms. The second-order valence-electron chi connectivity index (χ2n) is 10.3. The Morgan fingerprint density at radius 3 is 1.76 bits per heavy atom. The van der Waals surface area contributed by atoms with Gasteiger partial charge in [-0.3, -0.25) is 9.59 Å². The highest BCUT2D eigenvalue weighted by Gasteiger charge is 2.45. The van der Waals surface area contributed by atoms with Gasteiger partial charge < -0.3 is 14.6 Å². The molecule has 0 heterocycles. The van der Waals surface area contributed by atoms with Gasteiger partial charge >= 0.3 is 0 Å². The highest BCUT2D eigenvalue weighted by atomic mass is 16.7. The molecule has 0 saturated heterocycles. The zero-order valence-electron chi connectivity index (χ0n) is 23.7. The standard InChI is InChI=1S/C20H22O2.C16H16O3/c21-19(17-11-5-2-6-12-17)20(22)14-8-7-13-18(20)15-16-9-3-1-4-10-16;1-18-16(19-2,14-11-7-4-8-12-14)15(17)13-9-5-3-6-10-13/h1-6,9-12,18,22H,7-8,13-15H2;3-12H,1-2H3. The monoisotopic (exact) mass is 550 g/mol. The van der Waals surface area contributed by atoms with Crippen molar-refractivity contribution in [2.75, 3.05) is 14.2 Å². The first-order chi connectivity index (χ1) is 19.9. The first-order valence-corrected chi connectivity index (χ1v) is 14.1. The number of benzene rings is 4. The number of hydrogen-bond donors (Lipinski definition) is 1. The average Bonchev–Trinajstić information content (AvgIpc) is 3.05. The molecule has 0 aliphatic heterocycles. The Morgan fingerprint density at radius 2 is 1.22 bits per heavy atom. The van der Waals surface area contributed by atoms with Gasteiger partial charge in [0.05, 0.1) is 0 Å². The lowest BCUT2D eigenvalue weighted by molar-refractivity contribution is -0.176. The van der Waals surface area contributed by atoms with Crippen LogP contribution in [0.2, 0.25) is 0 Å². The lowest BCUT2D eigenvalue weighted by Gasteiger charge is -2.39. The zero-order valence-corrected chi connectivity index (χ0v) is 23.7. The van der Waals surface area contributed by atoms with Gasteiger partial charge in [-0.15, -0.1) is 0 Å². The quantitative estimate of drug-likeness (QED) is 0.179. The van der Waals surface area contributed by atoms with Gasteiger partial charge in [0.2, 0.25) is 5.78 Å². The Bertz CT molecular complexity index is 1370. The molecule has 5 rings (SSSR count). The summed E-state index contributed by atoms with van der Waals surface area (Å²) in [6.45, 7) is 0. The number of hydrogen-bond acceptors (Lipinski definition) is 5. The van der Waals surface area contributed by atoms with Crippen LogP contribution in [0.1, 0.15) is 57.5 Å². The van der Waals surface area contributed by atoms with Crippen LogP contribution in [-0.4, -0.2) is 36.5 Å². The van der Waals surface area contributed by atoms with E-state index >= 15 is 0 Å². The number of carbonyl (C=O) groups excluding carboxylic acids is 2. The number of rotatable bonds is 9. The maximum Gasteiger partial charge on any atom is 0.260 e. The summed E-state index contributed by atoms with van der Waals surface area (Å²) in [7, 11) is 2.94. The molecule has 5 heteroatoms. The van der Waals surface area contributed by atoms with Gasteiger partial charge in [-0.1, -0.05) is 134 Å². The van der Waals surface area contributed by atoms with Gasteiger partial charge in [0, 0.05) is 30.9 Å². The Hall–Kier alpha value is -3.90. The van der Waals surface area contributed by atoms with E-state index in [1.54, 1.807) is 24.3 Å². The van der Waals surface area contributed by atoms with Crippen molar-refractivity contribution in [3.63, 3.8) is 0 Å². The summed E-state index contributed by atoms with van der Waals surface area (Å²) in [5.74, 6) is -1.74. The van der Waals surface area contributed by atoms with Crippen LogP contribution in [-0.2, 0) is 21.7 Å². The van der Waals surface area contributed by atoms with Crippen LogP contribution in [0.4, 0.5) is 0 Å². The molecular weight excluding hydrogens is 512 g/mol. The molecule has 4 aromatic carbocycles. The van der Waals surface area contributed by atoms with Crippen LogP contribution in [0.3, 0.4) is 0 Å². The second-order valence-corrected chi connectivity index (χ2v) is 10.3. The molecule has 4 aromatic rings. The van der Waals surface area contributed by atoms with Gasteiger partial charge in [-0.2, -0.15) is 0 Å². The molecule has 1 fully saturated rings. The summed E-state index contributed by atoms with van der Waals surface area (Å²) in [6.07, 6.45) is 4.24. The van der Waals surface area contributed by atoms with Crippen molar-refractivity contribution in [3.8, 4) is 0 Å². The summed E-state index contributed by atoms with van der Waals surface area (Å²) in [6, 6.07) is 37.5. The van der Waals surface area contributed by atoms with E-state index in [1.807, 2.05) is 84.9 Å². The van der Waals surface area contributed by atoms with Crippen molar-refractivity contribution in [1.29, 1.82) is 0 Å². The van der Waals surface area contributed by atoms with E-state index in [2.05, 4.69) is 12.1 Å². The predicted octanol–water partition coefficient (Wildman–Crippen LogP) is 7.05. The van der Waals surface area contributed by atoms with Gasteiger partial charge in [0.25, 0.3) is 5.79 Å². The molecule has 1 N–H and O–H groups in total. The minimum Gasteiger partial charge on any atom is -0.381 e. The molecular formula is C36H38O5. The van der Waals surface area contributed by atoms with Crippen molar-refractivity contribution in [1.82, 2.24) is 0 Å². The molecule has 0 amide bonds. The fourth-order valence-corrected chi connectivity index (χ4v) is 5.61. The van der Waals surface area contributed by atoms with E-state index in [4.69, 9.17) is 9.47 Å². The molecule has 1 aliphatic rings. The molecule has 0 spiro atoms. The first kappa shape index (κ1) is 30.1. The van der Waals surface area contributed by atoms with Crippen molar-refractivity contribution in [2.24, 2.45) is 5.92 Å². The van der Waals surface area contributed by atoms with E-state index in [1.165, 1.54) is 19.8 Å². The Labute approximate surface area is 242 Å². The van der Waals surface area contributed by atoms with E-state index in [0.717, 1.165) is 25.7 Å². The van der Waals surface area contributed by atoms with Crippen LogP contribution in [0, 0.1) is 5.92 Å². The summed E-state index contributed by atoms with van der Waals surface area (Å²) in [5.41, 5.74) is 1.80. The van der Waals surface area contributed by atoms with Gasteiger partial charge in [-0.05, 0) is 30.7 Å². The number of carbonyl (C=O) groups is 2. The lowest BCUT2D eigenvalue weighted by atomic mass is 9.69. The number of methoxy groups -OCH3 is 2. The molecule has 2 unspecified atom stereocenters. The predicted molar refractivity (Wildman–Crippen MR) is 161 cm³/mol. The smallest absolute Gasteiger partial charge is 0.260 e. The molecule has 0 bridgehead atoms. The third-order valence-corrected chi connectivity index (χ3v) is 7.85. The van der Waals surface area contributed by atoms with Crippen molar-refractivity contribution >= 4 is 11.6 Å². The molecule has 2 atom stereocenters. The Morgan fingerprint density at radius 1 is 0.732 bits per heavy atom. The molecule has 1 aliphatic carbocycles. The first-order valence-electron chi connectivity index (χ1n) is 14.1. The third-order valence-electron chi connectivity index (χ3n) is 7.85. The van der Waals surface area contributed by atoms with E-state index in [9.17, 15) is 14.7 Å². The number of ketones is 2. The van der Waals surface area contributed by atoms with E-state index in [-0.39, 0.29) is 17.5 Å². The van der Waals surface area contributed by atoms with Crippen LogP contribution >= 0.6 is 0 Å². The van der Waals surface area contributed by atoms with Crippen LogP contribution in [0.15, 0.2) is 121 Å². The van der Waals surface area contributed by atoms with Crippen molar-refractivity contribution in [2.45, 2.75) is 43.5 Å². The normalized spacial score (nSPS) is 18.6. The summed E-state index contributed by atoms with van der Waals surface area (Å²) in [5, 5.41) is 11.2. The van der Waals surface area contributed by atoms with Crippen molar-refractivity contribution < 1.29 is 24.2 Å². The summed E-state index contributed by atoms with van der Waals surface area (Å²) < 4.78 is 10.8. The van der Waals surface area contributed by atoms with Gasteiger partial charge in [0.15, 0.2) is 5.78 Å². The summed E-state index contributed by atoms with van der Waals surface area (Å²) in [4.78, 5) is 25.6. The number of Topliss-reactive ketones (excluding diaryl/α,β-unsaturated/α-hetero) is 2. The fourth-order valence-electron chi connectivity index (χ4n) is 5.61. The van der Waals surface area contributed by atoms with E-state index in [0.29, 0.717) is 23.1 Å². The topological polar surface area (TPSA) is 72.8 Å². The molecule has 0 aromatic heterocycles. The molecule has 0 radical (unpaired) electrons. The minimum absolute atomic E-state index is 0.00337. The van der Waals surface area contributed by atoms with Crippen LogP contribution in [0.25, 0.3) is 0 Å². The molecule has 1 saturated carbocycles. The SMILES string of the molecule is COC(OC)(C(=O)c1ccccc1)c1ccccc1.O=C(c1ccccc1)C1(O)CCCCC1Cc1ccccc1. The van der Waals surface area contributed by atoms with Crippen LogP contribution < -0.4 is 0 Å². The van der Waals surface area contributed by atoms with Crippen LogP contribution in [0.5, 0.6) is 0 Å². The zero-order chi connectivity index (χ0) is 29.1. The lowest BCUT2D eigenvalue weighted by Crippen LogP contribution is -2.48. The van der Waals surface area contributed by atoms with Gasteiger partial charge in [-0.25, -0.2) is 0 Å². The summed E-state index contributed by atoms with van der Waals surface area (Å²) >= 11 is 0. The maximum atomic E-state index is 12.9. The highest BCUT2D eigenvalue weighted by molar-refractivity contribution is 6.03. The van der Waals surface area contributed by atoms with Gasteiger partial charge in [0.1, 0.15) is 5.60 Å². The maximum absolute atomic E-state index is 12.9. The fraction of sp³-hybridized carbons (Fsp3) is 0.278. The van der Waals surface area contributed by atoms with E-state index < -0.39 is 11.4 Å². The largest absolute Gasteiger partial charge is 0.381 e. The Kier molecular flexibility index (Phi) is 10.4. The Balaban J connectivity index is 0.000000191. The average molecular weight is 551 g/mol. The second kappa shape index (κ2) is 14.1. The highest BCUT2D eigenvalue weighted by Crippen LogP contribution is 2.38. The number of ether oxygens (including phenoxy) is 2.